The fraction of sp³-hybridized carbons (Fsp3) is 0.842. The molecule has 4 N–H and O–H groups in total. The first-order valence-electron chi connectivity index (χ1n) is 20.3. The Morgan fingerprint density at radius 2 is 1.11 bits per heavy atom. The molecule has 5 atom stereocenters. The fourth-order valence-electron chi connectivity index (χ4n) is 5.97. The molecule has 0 amide bonds. The van der Waals surface area contributed by atoms with Gasteiger partial charge in [-0.2, -0.15) is 0 Å². The van der Waals surface area contributed by atoms with E-state index >= 15 is 0 Å². The monoisotopic (exact) mass is 1100 g/mol. The molecular weight excluding hydrogens is 1010 g/mol. The van der Waals surface area contributed by atoms with Crippen LogP contribution in [0, 0.1) is 0 Å². The summed E-state index contributed by atoms with van der Waals surface area (Å²) in [7, 11) is 0. The van der Waals surface area contributed by atoms with Crippen LogP contribution >= 0.6 is 0 Å². The molecule has 13 nitrogen and oxygen atoms in total. The van der Waals surface area contributed by atoms with E-state index in [-0.39, 0.29) is 36.6 Å². The molecule has 0 aliphatic carbocycles. The zero-order valence-corrected chi connectivity index (χ0v) is 44.5. The summed E-state index contributed by atoms with van der Waals surface area (Å²) in [6.07, 6.45) is 6.38. The first-order valence-corrected chi connectivity index (χ1v) is 37.6. The third-order valence-corrected chi connectivity index (χ3v) is 29.3. The van der Waals surface area contributed by atoms with Crippen LogP contribution in [0.1, 0.15) is 100 Å². The second-order valence-corrected chi connectivity index (χ2v) is 35.0. The van der Waals surface area contributed by atoms with Crippen LogP contribution in [0.2, 0.25) is 9.88 Å². The van der Waals surface area contributed by atoms with Crippen LogP contribution in [-0.4, -0.2) is 160 Å². The number of fused-ring (bicyclic) bond motifs is 6. The number of nitrogens with two attached hydrogens (primary N) is 2. The minimum absolute atomic E-state index is 0.0716. The van der Waals surface area contributed by atoms with Crippen molar-refractivity contribution in [2.24, 2.45) is 11.5 Å². The summed E-state index contributed by atoms with van der Waals surface area (Å²) < 4.78 is 59.4. The minimum atomic E-state index is -3.86. The molecule has 54 heavy (non-hydrogen) atoms. The average molecular weight is 1090 g/mol. The molecule has 3 aliphatic rings. The summed E-state index contributed by atoms with van der Waals surface area (Å²) in [5.41, 5.74) is 12.2. The van der Waals surface area contributed by atoms with Gasteiger partial charge in [0.25, 0.3) is 0 Å². The van der Waals surface area contributed by atoms with Crippen LogP contribution in [0.3, 0.4) is 0 Å². The molecule has 0 aromatic heterocycles. The maximum absolute atomic E-state index is 6.10. The molecule has 0 radical (unpaired) electrons. The zero-order chi connectivity index (χ0) is 40.6. The Balaban J connectivity index is 0.000000406. The molecule has 3 heterocycles. The molecule has 3 saturated heterocycles. The normalized spacial score (nSPS) is 25.1. The molecule has 2 bridgehead atoms. The van der Waals surface area contributed by atoms with Crippen molar-refractivity contribution in [1.29, 1.82) is 0 Å². The van der Waals surface area contributed by atoms with Gasteiger partial charge >= 0.3 is 349 Å². The Bertz CT molecular complexity index is 1030. The van der Waals surface area contributed by atoms with Gasteiger partial charge in [-0.3, -0.25) is 0 Å². The number of unbranched alkanes of at least 4 members (excludes halogenated alkanes) is 3. The van der Waals surface area contributed by atoms with Crippen LogP contribution in [-0.2, 0) is 37.2 Å². The van der Waals surface area contributed by atoms with E-state index in [0.29, 0.717) is 32.9 Å². The third-order valence-electron chi connectivity index (χ3n) is 7.79. The molecular formula is C38H79N3O10Sn3. The zero-order valence-electron chi connectivity index (χ0n) is 35.9. The van der Waals surface area contributed by atoms with Crippen molar-refractivity contribution in [2.75, 3.05) is 59.2 Å². The Hall–Kier alpha value is 1.10. The van der Waals surface area contributed by atoms with Gasteiger partial charge in [0.05, 0.1) is 0 Å². The predicted molar refractivity (Wildman–Crippen MR) is 222 cm³/mol. The quantitative estimate of drug-likeness (QED) is 0.101. The first kappa shape index (κ1) is 53.1. The van der Waals surface area contributed by atoms with Crippen molar-refractivity contribution in [1.82, 2.24) is 4.90 Å². The Morgan fingerprint density at radius 3 is 1.52 bits per heavy atom. The van der Waals surface area contributed by atoms with Crippen LogP contribution in [0.25, 0.3) is 0 Å². The Kier molecular flexibility index (Phi) is 28.9. The molecule has 0 saturated carbocycles. The van der Waals surface area contributed by atoms with Crippen molar-refractivity contribution < 1.29 is 30.7 Å². The van der Waals surface area contributed by atoms with Gasteiger partial charge in [0.2, 0.25) is 0 Å². The van der Waals surface area contributed by atoms with Crippen molar-refractivity contribution >= 4 is 59.3 Å². The van der Waals surface area contributed by atoms with E-state index in [1.165, 1.54) is 24.8 Å². The average Bonchev–Trinajstić information content (AvgIpc) is 3.05. The number of hydrogen-bond acceptors (Lipinski definition) is 13. The van der Waals surface area contributed by atoms with Gasteiger partial charge in [-0.1, -0.05) is 0 Å². The molecule has 0 spiro atoms. The van der Waals surface area contributed by atoms with Crippen LogP contribution in [0.4, 0.5) is 0 Å². The molecule has 3 fully saturated rings. The van der Waals surface area contributed by atoms with Gasteiger partial charge in [-0.05, 0) is 0 Å². The summed E-state index contributed by atoms with van der Waals surface area (Å²) in [6.45, 7) is 26.7. The van der Waals surface area contributed by atoms with E-state index in [0.717, 1.165) is 39.1 Å². The Morgan fingerprint density at radius 1 is 0.667 bits per heavy atom. The molecule has 4 rings (SSSR count). The predicted octanol–water partition coefficient (Wildman–Crippen LogP) is 6.16. The second-order valence-electron chi connectivity index (χ2n) is 15.0. The maximum atomic E-state index is 6.10. The van der Waals surface area contributed by atoms with Crippen LogP contribution in [0.5, 0.6) is 0 Å². The molecule has 1 aromatic carbocycles. The molecule has 318 valence electrons. The van der Waals surface area contributed by atoms with E-state index < -0.39 is 59.3 Å². The van der Waals surface area contributed by atoms with Gasteiger partial charge in [-0.25, -0.2) is 0 Å². The summed E-state index contributed by atoms with van der Waals surface area (Å²) in [4.78, 5) is 6.36. The van der Waals surface area contributed by atoms with Crippen molar-refractivity contribution in [3.05, 3.63) is 35.9 Å². The molecule has 3 aliphatic heterocycles. The van der Waals surface area contributed by atoms with Gasteiger partial charge in [0.1, 0.15) is 0 Å². The number of nitrogens with zero attached hydrogens (tertiary/aromatic N) is 1. The second kappa shape index (κ2) is 29.3. The first-order chi connectivity index (χ1) is 25.5. The molecule has 5 unspecified atom stereocenters. The summed E-state index contributed by atoms with van der Waals surface area (Å²) in [6, 6.07) is 10.3. The fourth-order valence-corrected chi connectivity index (χ4v) is 25.2. The van der Waals surface area contributed by atoms with Crippen molar-refractivity contribution in [3.8, 4) is 0 Å². The number of hydrogen-bond donors (Lipinski definition) is 2. The molecule has 16 heteroatoms. The molecule has 1 aromatic rings. The SMILES string of the molecule is CC(C)[O][Sn]([CH3])([O]CCN)[O]CCc1ccccc1.CC(C)[O][Sn]12[O]C(C)CN(CC(C)[O]1)CC(C)[O]2.CCCCCC[O][Sn]([CH3])([O]CCN)[O]C(C)C. The number of rotatable bonds is 22. The van der Waals surface area contributed by atoms with Crippen molar-refractivity contribution in [3.63, 3.8) is 0 Å². The number of benzene rings is 1. The summed E-state index contributed by atoms with van der Waals surface area (Å²) in [5, 5.41) is 0. The summed E-state index contributed by atoms with van der Waals surface area (Å²) >= 11 is -10.5. The van der Waals surface area contributed by atoms with E-state index in [4.69, 9.17) is 42.2 Å². The van der Waals surface area contributed by atoms with E-state index in [9.17, 15) is 0 Å². The van der Waals surface area contributed by atoms with Gasteiger partial charge in [0.15, 0.2) is 0 Å². The third kappa shape index (κ3) is 24.9. The van der Waals surface area contributed by atoms with Gasteiger partial charge in [0, 0.05) is 0 Å². The van der Waals surface area contributed by atoms with Gasteiger partial charge < -0.3 is 0 Å². The van der Waals surface area contributed by atoms with Gasteiger partial charge in [-0.15, -0.1) is 0 Å². The Labute approximate surface area is 346 Å². The summed E-state index contributed by atoms with van der Waals surface area (Å²) in [5.74, 6) is 0. The van der Waals surface area contributed by atoms with Crippen molar-refractivity contribution in [2.45, 2.75) is 148 Å². The van der Waals surface area contributed by atoms with E-state index in [2.05, 4.69) is 44.7 Å². The van der Waals surface area contributed by atoms with Crippen LogP contribution < -0.4 is 11.5 Å². The van der Waals surface area contributed by atoms with E-state index in [1.54, 1.807) is 0 Å². The standard InChI is InChI=1S/C9H18NO3.C8H9O.C6H13O.3C3H7O.2C2H6NO.2CH3.3Sn/c1-7(11)4-10(5-8(2)12)6-9(3)13;9-7-6-8-4-2-1-3-5-8;1-2-3-4-5-6-7;3*1-3(2)4;2*3-1-2-4;;;;;/h7-9H,4-6H2,1-3H3;1-5H,6-7H2;2-6H2,1H3;3*3H,1-2H3;2*1-3H2;2*1H3;;;/q-3;7*-1;;;2*+3;+4. The van der Waals surface area contributed by atoms with Crippen LogP contribution in [0.15, 0.2) is 30.3 Å². The van der Waals surface area contributed by atoms with E-state index in [1.807, 2.05) is 69.6 Å². The topological polar surface area (TPSA) is 148 Å².